The minimum Gasteiger partial charge on any atom is -0.321 e. The predicted octanol–water partition coefficient (Wildman–Crippen LogP) is 3.86. The number of amides is 1. The monoisotopic (exact) mass is 332 g/mol. The number of nitrogens with one attached hydrogen (secondary N) is 1. The van der Waals surface area contributed by atoms with Crippen LogP contribution in [0.3, 0.4) is 0 Å². The van der Waals surface area contributed by atoms with Crippen molar-refractivity contribution in [2.45, 2.75) is 4.90 Å². The summed E-state index contributed by atoms with van der Waals surface area (Å²) >= 11 is 7.45. The van der Waals surface area contributed by atoms with Gasteiger partial charge in [-0.2, -0.15) is 5.26 Å². The van der Waals surface area contributed by atoms with Crippen LogP contribution in [0.1, 0.15) is 15.9 Å². The van der Waals surface area contributed by atoms with E-state index in [0.29, 0.717) is 16.8 Å². The molecule has 0 aliphatic heterocycles. The third-order valence-electron chi connectivity index (χ3n) is 2.48. The number of nitriles is 1. The fourth-order valence-corrected chi connectivity index (χ4v) is 2.04. The number of thiol groups is 1. The Morgan fingerprint density at radius 2 is 1.89 bits per heavy atom. The number of halogens is 1. The zero-order valence-corrected chi connectivity index (χ0v) is 12.2. The number of hydrogen-bond acceptors (Lipinski definition) is 3. The second-order valence-electron chi connectivity index (χ2n) is 3.80. The summed E-state index contributed by atoms with van der Waals surface area (Å²) in [5, 5.41) is 11.7. The Bertz CT molecular complexity index is 662. The molecule has 2 rings (SSSR count). The maximum atomic E-state index is 12.0. The van der Waals surface area contributed by atoms with Gasteiger partial charge in [0.25, 0.3) is 5.91 Å². The summed E-state index contributed by atoms with van der Waals surface area (Å²) < 4.78 is 0.793. The first-order valence-electron chi connectivity index (χ1n) is 5.40. The van der Waals surface area contributed by atoms with Crippen molar-refractivity contribution in [2.24, 2.45) is 0 Å². The summed E-state index contributed by atoms with van der Waals surface area (Å²) in [6.45, 7) is 0. The van der Waals surface area contributed by atoms with Gasteiger partial charge in [0.05, 0.1) is 11.3 Å². The van der Waals surface area contributed by atoms with E-state index < -0.39 is 0 Å². The normalized spacial score (nSPS) is 9.74. The number of hydrogen-bond donors (Lipinski definition) is 2. The van der Waals surface area contributed by atoms with Crippen molar-refractivity contribution in [1.82, 2.24) is 0 Å². The van der Waals surface area contributed by atoms with Gasteiger partial charge in [-0.15, -0.1) is 12.6 Å². The van der Waals surface area contributed by atoms with Crippen molar-refractivity contribution in [3.05, 3.63) is 58.1 Å². The Labute approximate surface area is 124 Å². The van der Waals surface area contributed by atoms with E-state index in [0.717, 1.165) is 9.37 Å². The van der Waals surface area contributed by atoms with Crippen molar-refractivity contribution in [1.29, 1.82) is 5.26 Å². The third kappa shape index (κ3) is 3.37. The van der Waals surface area contributed by atoms with E-state index in [1.165, 1.54) is 0 Å². The first-order chi connectivity index (χ1) is 9.10. The third-order valence-corrected chi connectivity index (χ3v) is 3.27. The maximum Gasteiger partial charge on any atom is 0.255 e. The van der Waals surface area contributed by atoms with E-state index in [2.05, 4.69) is 33.9 Å². The highest BCUT2D eigenvalue weighted by Crippen LogP contribution is 2.21. The van der Waals surface area contributed by atoms with E-state index in [1.807, 2.05) is 6.07 Å². The van der Waals surface area contributed by atoms with Gasteiger partial charge in [-0.1, -0.05) is 15.9 Å². The van der Waals surface area contributed by atoms with Crippen molar-refractivity contribution < 1.29 is 4.79 Å². The predicted molar refractivity (Wildman–Crippen MR) is 80.5 cm³/mol. The van der Waals surface area contributed by atoms with Gasteiger partial charge in [0.1, 0.15) is 6.07 Å². The lowest BCUT2D eigenvalue weighted by Gasteiger charge is -2.07. The van der Waals surface area contributed by atoms with E-state index >= 15 is 0 Å². The molecule has 0 saturated carbocycles. The molecule has 0 spiro atoms. The van der Waals surface area contributed by atoms with Crippen LogP contribution in [0.25, 0.3) is 0 Å². The molecule has 3 nitrogen and oxygen atoms in total. The average Bonchev–Trinajstić information content (AvgIpc) is 2.41. The molecule has 0 radical (unpaired) electrons. The van der Waals surface area contributed by atoms with Gasteiger partial charge in [-0.05, 0) is 42.5 Å². The van der Waals surface area contributed by atoms with Crippen LogP contribution in [-0.2, 0) is 0 Å². The topological polar surface area (TPSA) is 52.9 Å². The molecule has 0 aliphatic rings. The molecular weight excluding hydrogens is 324 g/mol. The fraction of sp³-hybridized carbons (Fsp3) is 0. The minimum atomic E-state index is -0.257. The first kappa shape index (κ1) is 13.7. The van der Waals surface area contributed by atoms with Crippen LogP contribution in [0.4, 0.5) is 5.69 Å². The molecule has 0 aromatic heterocycles. The molecular formula is C14H9BrN2OS. The average molecular weight is 333 g/mol. The van der Waals surface area contributed by atoms with Crippen LogP contribution in [-0.4, -0.2) is 5.91 Å². The largest absolute Gasteiger partial charge is 0.321 e. The van der Waals surface area contributed by atoms with Gasteiger partial charge in [0.2, 0.25) is 0 Å². The number of benzene rings is 2. The first-order valence-corrected chi connectivity index (χ1v) is 6.64. The Balaban J connectivity index is 2.24. The molecule has 0 bridgehead atoms. The smallest absolute Gasteiger partial charge is 0.255 e. The molecule has 94 valence electrons. The van der Waals surface area contributed by atoms with E-state index in [9.17, 15) is 4.79 Å². The summed E-state index contributed by atoms with van der Waals surface area (Å²) in [6, 6.07) is 14.0. The van der Waals surface area contributed by atoms with Crippen LogP contribution in [0.2, 0.25) is 0 Å². The Kier molecular flexibility index (Phi) is 4.25. The molecule has 1 amide bonds. The van der Waals surface area contributed by atoms with Crippen LogP contribution in [0.5, 0.6) is 0 Å². The Morgan fingerprint density at radius 1 is 1.21 bits per heavy atom. The lowest BCUT2D eigenvalue weighted by atomic mass is 10.1. The van der Waals surface area contributed by atoms with Crippen LogP contribution in [0.15, 0.2) is 51.8 Å². The summed E-state index contributed by atoms with van der Waals surface area (Å²) in [6.07, 6.45) is 0. The number of anilines is 1. The van der Waals surface area contributed by atoms with Crippen molar-refractivity contribution in [3.63, 3.8) is 0 Å². The molecule has 5 heteroatoms. The van der Waals surface area contributed by atoms with E-state index in [-0.39, 0.29) is 5.91 Å². The zero-order valence-electron chi connectivity index (χ0n) is 9.72. The highest BCUT2D eigenvalue weighted by Gasteiger charge is 2.09. The molecule has 0 heterocycles. The zero-order chi connectivity index (χ0) is 13.8. The van der Waals surface area contributed by atoms with Gasteiger partial charge < -0.3 is 5.32 Å². The van der Waals surface area contributed by atoms with Crippen LogP contribution >= 0.6 is 28.6 Å². The highest BCUT2D eigenvalue weighted by atomic mass is 79.9. The fourth-order valence-electron chi connectivity index (χ4n) is 1.53. The summed E-state index contributed by atoms with van der Waals surface area (Å²) in [7, 11) is 0. The van der Waals surface area contributed by atoms with Gasteiger partial charge in [-0.25, -0.2) is 0 Å². The standard InChI is InChI=1S/C14H9BrN2OS/c15-11-3-6-13(10(7-11)8-16)17-14(18)9-1-4-12(19)5-2-9/h1-7,19H,(H,17,18). The molecule has 1 N–H and O–H groups in total. The summed E-state index contributed by atoms with van der Waals surface area (Å²) in [5.74, 6) is -0.257. The Morgan fingerprint density at radius 3 is 2.53 bits per heavy atom. The molecule has 0 aliphatic carbocycles. The highest BCUT2D eigenvalue weighted by molar-refractivity contribution is 9.10. The number of nitrogens with zero attached hydrogens (tertiary/aromatic N) is 1. The summed E-state index contributed by atoms with van der Waals surface area (Å²) in [5.41, 5.74) is 1.42. The van der Waals surface area contributed by atoms with Gasteiger partial charge >= 0.3 is 0 Å². The quantitative estimate of drug-likeness (QED) is 0.820. The molecule has 2 aromatic rings. The molecule has 0 atom stereocenters. The van der Waals surface area contributed by atoms with Crippen molar-refractivity contribution in [2.75, 3.05) is 5.32 Å². The lowest BCUT2D eigenvalue weighted by Crippen LogP contribution is -2.12. The van der Waals surface area contributed by atoms with Crippen LogP contribution < -0.4 is 5.32 Å². The second-order valence-corrected chi connectivity index (χ2v) is 5.23. The molecule has 2 aromatic carbocycles. The molecule has 0 unspecified atom stereocenters. The van der Waals surface area contributed by atoms with E-state index in [4.69, 9.17) is 5.26 Å². The minimum absolute atomic E-state index is 0.257. The molecule has 0 saturated heterocycles. The van der Waals surface area contributed by atoms with Gasteiger partial charge in [0.15, 0.2) is 0 Å². The van der Waals surface area contributed by atoms with Crippen molar-refractivity contribution in [3.8, 4) is 6.07 Å². The molecule has 19 heavy (non-hydrogen) atoms. The molecule has 0 fully saturated rings. The van der Waals surface area contributed by atoms with Gasteiger partial charge in [-0.3, -0.25) is 4.79 Å². The van der Waals surface area contributed by atoms with Crippen LogP contribution in [0, 0.1) is 11.3 Å². The number of carbonyl (C=O) groups excluding carboxylic acids is 1. The maximum absolute atomic E-state index is 12.0. The summed E-state index contributed by atoms with van der Waals surface area (Å²) in [4.78, 5) is 12.8. The van der Waals surface area contributed by atoms with Gasteiger partial charge in [0, 0.05) is 14.9 Å². The second kappa shape index (κ2) is 5.91. The number of rotatable bonds is 2. The Hall–Kier alpha value is -1.77. The van der Waals surface area contributed by atoms with E-state index in [1.54, 1.807) is 42.5 Å². The lowest BCUT2D eigenvalue weighted by molar-refractivity contribution is 0.102. The van der Waals surface area contributed by atoms with Crippen molar-refractivity contribution >= 4 is 40.2 Å². The number of carbonyl (C=O) groups is 1. The SMILES string of the molecule is N#Cc1cc(Br)ccc1NC(=O)c1ccc(S)cc1.